The quantitative estimate of drug-likeness (QED) is 0.369. The Hall–Kier alpha value is -3.77. The SMILES string of the molecule is COC(=O)C1CC(=O)N(Cc2ccc3ccccc3c2)C12CCN(Cc1ccc3ncccc3c1)CC2. The number of fused-ring (bicyclic) bond motifs is 2. The summed E-state index contributed by atoms with van der Waals surface area (Å²) in [7, 11) is 1.43. The van der Waals surface area contributed by atoms with E-state index in [1.807, 2.05) is 29.3 Å². The largest absolute Gasteiger partial charge is 0.469 e. The third-order valence-electron chi connectivity index (χ3n) is 8.30. The van der Waals surface area contributed by atoms with Gasteiger partial charge in [-0.15, -0.1) is 0 Å². The van der Waals surface area contributed by atoms with Gasteiger partial charge >= 0.3 is 5.97 Å². The number of hydrogen-bond acceptors (Lipinski definition) is 5. The Bertz CT molecular complexity index is 1480. The van der Waals surface area contributed by atoms with Gasteiger partial charge in [-0.25, -0.2) is 0 Å². The van der Waals surface area contributed by atoms with E-state index in [1.165, 1.54) is 18.1 Å². The van der Waals surface area contributed by atoms with Gasteiger partial charge in [-0.2, -0.15) is 0 Å². The van der Waals surface area contributed by atoms with Crippen LogP contribution in [0.3, 0.4) is 0 Å². The zero-order chi connectivity index (χ0) is 25.4. The molecule has 0 radical (unpaired) electrons. The van der Waals surface area contributed by atoms with Crippen LogP contribution >= 0.6 is 0 Å². The predicted octanol–water partition coefficient (Wildman–Crippen LogP) is 4.94. The number of nitrogens with zero attached hydrogens (tertiary/aromatic N) is 3. The average Bonchev–Trinajstić information content (AvgIpc) is 3.20. The minimum Gasteiger partial charge on any atom is -0.469 e. The molecule has 1 spiro atoms. The molecule has 4 aromatic rings. The van der Waals surface area contributed by atoms with Crippen LogP contribution in [0.25, 0.3) is 21.7 Å². The molecule has 6 heteroatoms. The van der Waals surface area contributed by atoms with Crippen molar-refractivity contribution >= 4 is 33.6 Å². The van der Waals surface area contributed by atoms with Crippen molar-refractivity contribution in [3.8, 4) is 0 Å². The standard InChI is InChI=1S/C31H31N3O3/c1-37-30(36)27-19-29(35)34(21-23-8-10-24-5-2-3-6-25(24)17-23)31(27)12-15-33(16-13-31)20-22-9-11-28-26(18-22)7-4-14-32-28/h2-11,14,17-18,27H,12-13,15-16,19-21H2,1H3. The summed E-state index contributed by atoms with van der Waals surface area (Å²) >= 11 is 0. The number of benzene rings is 3. The molecule has 1 amide bonds. The van der Waals surface area contributed by atoms with Crippen LogP contribution < -0.4 is 0 Å². The topological polar surface area (TPSA) is 62.7 Å². The fourth-order valence-corrected chi connectivity index (χ4v) is 6.32. The Labute approximate surface area is 216 Å². The van der Waals surface area contributed by atoms with Crippen LogP contribution in [-0.2, 0) is 27.4 Å². The van der Waals surface area contributed by atoms with Gasteiger partial charge in [0, 0.05) is 44.2 Å². The number of piperidine rings is 1. The van der Waals surface area contributed by atoms with Gasteiger partial charge in [-0.05, 0) is 59.0 Å². The highest BCUT2D eigenvalue weighted by molar-refractivity contribution is 5.89. The number of methoxy groups -OCH3 is 1. The molecule has 37 heavy (non-hydrogen) atoms. The van der Waals surface area contributed by atoms with E-state index in [9.17, 15) is 9.59 Å². The average molecular weight is 494 g/mol. The summed E-state index contributed by atoms with van der Waals surface area (Å²) in [5.41, 5.74) is 2.82. The van der Waals surface area contributed by atoms with Crippen LogP contribution in [0, 0.1) is 5.92 Å². The van der Waals surface area contributed by atoms with Gasteiger partial charge in [0.15, 0.2) is 0 Å². The van der Waals surface area contributed by atoms with Crippen LogP contribution in [0.1, 0.15) is 30.4 Å². The van der Waals surface area contributed by atoms with E-state index in [0.29, 0.717) is 6.54 Å². The highest BCUT2D eigenvalue weighted by Gasteiger charge is 2.56. The Morgan fingerprint density at radius 2 is 1.62 bits per heavy atom. The first-order valence-electron chi connectivity index (χ1n) is 13.0. The molecule has 188 valence electrons. The minimum atomic E-state index is -0.514. The van der Waals surface area contributed by atoms with Crippen molar-refractivity contribution in [2.24, 2.45) is 5.92 Å². The molecule has 2 aliphatic heterocycles. The summed E-state index contributed by atoms with van der Waals surface area (Å²) in [6, 6.07) is 25.1. The summed E-state index contributed by atoms with van der Waals surface area (Å²) in [4.78, 5) is 35.1. The number of aromatic nitrogens is 1. The van der Waals surface area contributed by atoms with Crippen LogP contribution in [0.5, 0.6) is 0 Å². The van der Waals surface area contributed by atoms with Gasteiger partial charge in [-0.1, -0.05) is 48.5 Å². The number of amides is 1. The molecule has 0 saturated carbocycles. The lowest BCUT2D eigenvalue weighted by molar-refractivity contribution is -0.150. The maximum atomic E-state index is 13.3. The number of hydrogen-bond donors (Lipinski definition) is 0. The van der Waals surface area contributed by atoms with Crippen molar-refractivity contribution in [1.29, 1.82) is 0 Å². The summed E-state index contributed by atoms with van der Waals surface area (Å²) in [6.07, 6.45) is 3.54. The molecule has 1 aromatic heterocycles. The lowest BCUT2D eigenvalue weighted by atomic mass is 9.76. The fourth-order valence-electron chi connectivity index (χ4n) is 6.32. The van der Waals surface area contributed by atoms with E-state index >= 15 is 0 Å². The van der Waals surface area contributed by atoms with E-state index < -0.39 is 11.5 Å². The number of carbonyl (C=O) groups excluding carboxylic acids is 2. The second-order valence-electron chi connectivity index (χ2n) is 10.4. The summed E-state index contributed by atoms with van der Waals surface area (Å²) < 4.78 is 5.19. The normalized spacial score (nSPS) is 19.6. The summed E-state index contributed by atoms with van der Waals surface area (Å²) in [6.45, 7) is 2.98. The van der Waals surface area contributed by atoms with Gasteiger partial charge in [-0.3, -0.25) is 19.5 Å². The van der Waals surface area contributed by atoms with E-state index in [0.717, 1.165) is 54.3 Å². The van der Waals surface area contributed by atoms with Gasteiger partial charge < -0.3 is 9.64 Å². The zero-order valence-corrected chi connectivity index (χ0v) is 21.1. The van der Waals surface area contributed by atoms with Gasteiger partial charge in [0.2, 0.25) is 5.91 Å². The Kier molecular flexibility index (Phi) is 6.13. The molecule has 1 atom stereocenters. The van der Waals surface area contributed by atoms with Crippen molar-refractivity contribution in [1.82, 2.24) is 14.8 Å². The van der Waals surface area contributed by atoms with Crippen molar-refractivity contribution in [3.63, 3.8) is 0 Å². The maximum absolute atomic E-state index is 13.3. The molecule has 2 fully saturated rings. The Morgan fingerprint density at radius 3 is 2.43 bits per heavy atom. The highest BCUT2D eigenvalue weighted by Crippen LogP contribution is 2.45. The molecule has 6 rings (SSSR count). The zero-order valence-electron chi connectivity index (χ0n) is 21.1. The second kappa shape index (κ2) is 9.60. The Morgan fingerprint density at radius 1 is 0.919 bits per heavy atom. The minimum absolute atomic E-state index is 0.0408. The summed E-state index contributed by atoms with van der Waals surface area (Å²) in [5.74, 6) is -0.664. The van der Waals surface area contributed by atoms with Crippen LogP contribution in [0.4, 0.5) is 0 Å². The second-order valence-corrected chi connectivity index (χ2v) is 10.4. The number of esters is 1. The van der Waals surface area contributed by atoms with E-state index in [1.54, 1.807) is 0 Å². The predicted molar refractivity (Wildman–Crippen MR) is 144 cm³/mol. The molecule has 3 aromatic carbocycles. The van der Waals surface area contributed by atoms with E-state index in [4.69, 9.17) is 4.74 Å². The first-order chi connectivity index (χ1) is 18.1. The van der Waals surface area contributed by atoms with Crippen molar-refractivity contribution < 1.29 is 14.3 Å². The Balaban J connectivity index is 1.23. The van der Waals surface area contributed by atoms with E-state index in [2.05, 4.69) is 64.5 Å². The lowest BCUT2D eigenvalue weighted by Crippen LogP contribution is -2.57. The monoisotopic (exact) mass is 493 g/mol. The third-order valence-corrected chi connectivity index (χ3v) is 8.30. The molecule has 1 unspecified atom stereocenters. The molecule has 0 bridgehead atoms. The van der Waals surface area contributed by atoms with Crippen LogP contribution in [0.15, 0.2) is 79.0 Å². The maximum Gasteiger partial charge on any atom is 0.311 e. The summed E-state index contributed by atoms with van der Waals surface area (Å²) in [5, 5.41) is 3.48. The molecular weight excluding hydrogens is 462 g/mol. The molecule has 0 aliphatic carbocycles. The van der Waals surface area contributed by atoms with Crippen LogP contribution in [-0.4, -0.2) is 52.4 Å². The smallest absolute Gasteiger partial charge is 0.311 e. The molecule has 0 N–H and O–H groups in total. The number of pyridine rings is 1. The lowest BCUT2D eigenvalue weighted by Gasteiger charge is -2.47. The van der Waals surface area contributed by atoms with E-state index in [-0.39, 0.29) is 18.3 Å². The number of carbonyl (C=O) groups is 2. The highest BCUT2D eigenvalue weighted by atomic mass is 16.5. The fraction of sp³-hybridized carbons (Fsp3) is 0.323. The third kappa shape index (κ3) is 4.36. The number of rotatable bonds is 5. The molecule has 6 nitrogen and oxygen atoms in total. The van der Waals surface area contributed by atoms with Crippen molar-refractivity contribution in [2.45, 2.75) is 37.9 Å². The first-order valence-corrected chi connectivity index (χ1v) is 13.0. The van der Waals surface area contributed by atoms with Gasteiger partial charge in [0.25, 0.3) is 0 Å². The van der Waals surface area contributed by atoms with Crippen LogP contribution in [0.2, 0.25) is 0 Å². The van der Waals surface area contributed by atoms with Gasteiger partial charge in [0.05, 0.1) is 24.1 Å². The first kappa shape index (κ1) is 23.6. The molecule has 2 aliphatic rings. The van der Waals surface area contributed by atoms with Crippen molar-refractivity contribution in [2.75, 3.05) is 20.2 Å². The molecule has 2 saturated heterocycles. The molecular formula is C31H31N3O3. The van der Waals surface area contributed by atoms with Gasteiger partial charge in [0.1, 0.15) is 0 Å². The van der Waals surface area contributed by atoms with Crippen molar-refractivity contribution in [3.05, 3.63) is 90.1 Å². The number of ether oxygens (including phenoxy) is 1. The molecule has 3 heterocycles. The number of likely N-dealkylation sites (tertiary alicyclic amines) is 2.